The van der Waals surface area contributed by atoms with Crippen LogP contribution in [0.15, 0.2) is 24.3 Å². The molecule has 1 aliphatic rings. The second-order valence-corrected chi connectivity index (χ2v) is 5.70. The molecule has 1 unspecified atom stereocenters. The molecule has 5 heteroatoms. The first-order chi connectivity index (χ1) is 8.89. The number of likely N-dealkylation sites (tertiary alicyclic amines) is 1. The molecule has 0 aliphatic carbocycles. The van der Waals surface area contributed by atoms with E-state index in [1.165, 1.54) is 5.56 Å². The second-order valence-electron chi connectivity index (χ2n) is 5.26. The van der Waals surface area contributed by atoms with Crippen molar-refractivity contribution in [2.24, 2.45) is 0 Å². The van der Waals surface area contributed by atoms with Gasteiger partial charge in [-0.3, -0.25) is 4.90 Å². The summed E-state index contributed by atoms with van der Waals surface area (Å²) in [5, 5.41) is 9.36. The van der Waals surface area contributed by atoms with Crippen molar-refractivity contribution in [1.82, 2.24) is 4.90 Å². The summed E-state index contributed by atoms with van der Waals surface area (Å²) in [6.45, 7) is 5.31. The Balaban J connectivity index is 1.89. The SMILES string of the molecule is CC(c1ccc(Cl)cc1)N1CC(C)(OCC(=O)O)C1. The summed E-state index contributed by atoms with van der Waals surface area (Å²) in [4.78, 5) is 12.8. The molecule has 1 fully saturated rings. The van der Waals surface area contributed by atoms with Crippen LogP contribution < -0.4 is 0 Å². The molecule has 0 aromatic heterocycles. The van der Waals surface area contributed by atoms with Gasteiger partial charge < -0.3 is 9.84 Å². The zero-order chi connectivity index (χ0) is 14.0. The maximum atomic E-state index is 10.5. The topological polar surface area (TPSA) is 49.8 Å². The third-order valence-electron chi connectivity index (χ3n) is 3.52. The van der Waals surface area contributed by atoms with Gasteiger partial charge in [-0.2, -0.15) is 0 Å². The van der Waals surface area contributed by atoms with E-state index in [0.29, 0.717) is 0 Å². The van der Waals surface area contributed by atoms with Crippen molar-refractivity contribution in [3.05, 3.63) is 34.9 Å². The highest BCUT2D eigenvalue weighted by molar-refractivity contribution is 6.30. The molecule has 0 spiro atoms. The van der Waals surface area contributed by atoms with Crippen molar-refractivity contribution in [2.75, 3.05) is 19.7 Å². The Kier molecular flexibility index (Phi) is 4.13. The Morgan fingerprint density at radius 2 is 2.05 bits per heavy atom. The lowest BCUT2D eigenvalue weighted by Crippen LogP contribution is -2.62. The number of aliphatic carboxylic acids is 1. The third-order valence-corrected chi connectivity index (χ3v) is 3.77. The first kappa shape index (κ1) is 14.3. The molecule has 19 heavy (non-hydrogen) atoms. The monoisotopic (exact) mass is 283 g/mol. The summed E-state index contributed by atoms with van der Waals surface area (Å²) in [7, 11) is 0. The zero-order valence-corrected chi connectivity index (χ0v) is 11.9. The lowest BCUT2D eigenvalue weighted by atomic mass is 9.92. The van der Waals surface area contributed by atoms with Crippen molar-refractivity contribution in [3.63, 3.8) is 0 Å². The third kappa shape index (κ3) is 3.47. The predicted octanol–water partition coefficient (Wildman–Crippen LogP) is 2.58. The van der Waals surface area contributed by atoms with Gasteiger partial charge in [0.05, 0.1) is 5.60 Å². The maximum Gasteiger partial charge on any atom is 0.329 e. The molecule has 1 saturated heterocycles. The van der Waals surface area contributed by atoms with E-state index in [1.54, 1.807) is 0 Å². The fourth-order valence-electron chi connectivity index (χ4n) is 2.37. The number of benzene rings is 1. The number of carbonyl (C=O) groups is 1. The van der Waals surface area contributed by atoms with Crippen molar-refractivity contribution in [2.45, 2.75) is 25.5 Å². The summed E-state index contributed by atoms with van der Waals surface area (Å²) in [6.07, 6.45) is 0. The van der Waals surface area contributed by atoms with Gasteiger partial charge in [0.15, 0.2) is 0 Å². The van der Waals surface area contributed by atoms with Crippen LogP contribution in [0.4, 0.5) is 0 Å². The van der Waals surface area contributed by atoms with Crippen LogP contribution in [0.3, 0.4) is 0 Å². The van der Waals surface area contributed by atoms with Crippen LogP contribution in [0.5, 0.6) is 0 Å². The molecule has 0 amide bonds. The van der Waals surface area contributed by atoms with Gasteiger partial charge in [0.2, 0.25) is 0 Å². The van der Waals surface area contributed by atoms with Crippen molar-refractivity contribution in [1.29, 1.82) is 0 Å². The molecule has 1 heterocycles. The molecule has 1 aromatic carbocycles. The minimum atomic E-state index is -0.926. The normalized spacial score (nSPS) is 19.7. The van der Waals surface area contributed by atoms with Crippen LogP contribution in [0.1, 0.15) is 25.5 Å². The van der Waals surface area contributed by atoms with Crippen molar-refractivity contribution >= 4 is 17.6 Å². The molecule has 1 aromatic rings. The smallest absolute Gasteiger partial charge is 0.329 e. The minimum absolute atomic E-state index is 0.236. The van der Waals surface area contributed by atoms with Gasteiger partial charge in [-0.1, -0.05) is 23.7 Å². The molecule has 1 N–H and O–H groups in total. The van der Waals surface area contributed by atoms with E-state index in [-0.39, 0.29) is 18.2 Å². The molecule has 1 aliphatic heterocycles. The van der Waals surface area contributed by atoms with E-state index in [2.05, 4.69) is 11.8 Å². The maximum absolute atomic E-state index is 10.5. The number of halogens is 1. The Bertz CT molecular complexity index is 454. The van der Waals surface area contributed by atoms with Crippen LogP contribution in [0.2, 0.25) is 5.02 Å². The van der Waals surface area contributed by atoms with Crippen molar-refractivity contribution in [3.8, 4) is 0 Å². The highest BCUT2D eigenvalue weighted by atomic mass is 35.5. The number of carboxylic acids is 1. The summed E-state index contributed by atoms with van der Waals surface area (Å²) < 4.78 is 5.40. The van der Waals surface area contributed by atoms with E-state index in [1.807, 2.05) is 31.2 Å². The number of nitrogens with zero attached hydrogens (tertiary/aromatic N) is 1. The fourth-order valence-corrected chi connectivity index (χ4v) is 2.49. The molecule has 2 rings (SSSR count). The second kappa shape index (κ2) is 5.49. The summed E-state index contributed by atoms with van der Waals surface area (Å²) >= 11 is 5.87. The Morgan fingerprint density at radius 1 is 1.47 bits per heavy atom. The van der Waals surface area contributed by atoms with E-state index < -0.39 is 5.97 Å². The highest BCUT2D eigenvalue weighted by Crippen LogP contribution is 2.33. The number of hydrogen-bond donors (Lipinski definition) is 1. The van der Waals surface area contributed by atoms with Crippen LogP contribution in [0.25, 0.3) is 0 Å². The molecule has 0 saturated carbocycles. The van der Waals surface area contributed by atoms with E-state index in [9.17, 15) is 4.79 Å². The van der Waals surface area contributed by atoms with E-state index >= 15 is 0 Å². The van der Waals surface area contributed by atoms with Gasteiger partial charge >= 0.3 is 5.97 Å². The van der Waals surface area contributed by atoms with Crippen LogP contribution in [-0.4, -0.2) is 41.3 Å². The van der Waals surface area contributed by atoms with Crippen LogP contribution in [-0.2, 0) is 9.53 Å². The summed E-state index contributed by atoms with van der Waals surface area (Å²) in [5.74, 6) is -0.926. The number of rotatable bonds is 5. The van der Waals surface area contributed by atoms with Gasteiger partial charge in [0.25, 0.3) is 0 Å². The molecule has 1 atom stereocenters. The first-order valence-corrected chi connectivity index (χ1v) is 6.63. The average Bonchev–Trinajstić information content (AvgIpc) is 2.33. The van der Waals surface area contributed by atoms with Gasteiger partial charge in [-0.25, -0.2) is 4.79 Å². The lowest BCUT2D eigenvalue weighted by molar-refractivity contribution is -0.169. The van der Waals surface area contributed by atoms with Crippen LogP contribution >= 0.6 is 11.6 Å². The van der Waals surface area contributed by atoms with E-state index in [4.69, 9.17) is 21.4 Å². The minimum Gasteiger partial charge on any atom is -0.480 e. The average molecular weight is 284 g/mol. The molecular formula is C14H18ClNO3. The number of hydrogen-bond acceptors (Lipinski definition) is 3. The van der Waals surface area contributed by atoms with Gasteiger partial charge in [0, 0.05) is 24.2 Å². The first-order valence-electron chi connectivity index (χ1n) is 6.25. The molecule has 4 nitrogen and oxygen atoms in total. The number of ether oxygens (including phenoxy) is 1. The quantitative estimate of drug-likeness (QED) is 0.902. The lowest BCUT2D eigenvalue weighted by Gasteiger charge is -2.50. The highest BCUT2D eigenvalue weighted by Gasteiger charge is 2.42. The Labute approximate surface area is 117 Å². The van der Waals surface area contributed by atoms with Crippen LogP contribution in [0, 0.1) is 0 Å². The van der Waals surface area contributed by atoms with Crippen molar-refractivity contribution < 1.29 is 14.6 Å². The Morgan fingerprint density at radius 3 is 2.58 bits per heavy atom. The molecular weight excluding hydrogens is 266 g/mol. The van der Waals surface area contributed by atoms with Gasteiger partial charge in [0.1, 0.15) is 6.61 Å². The molecule has 104 valence electrons. The largest absolute Gasteiger partial charge is 0.480 e. The molecule has 0 radical (unpaired) electrons. The fraction of sp³-hybridized carbons (Fsp3) is 0.500. The van der Waals surface area contributed by atoms with E-state index in [0.717, 1.165) is 18.1 Å². The zero-order valence-electron chi connectivity index (χ0n) is 11.1. The summed E-state index contributed by atoms with van der Waals surface area (Å²) in [6, 6.07) is 8.07. The van der Waals surface area contributed by atoms with Gasteiger partial charge in [-0.15, -0.1) is 0 Å². The number of carboxylic acid groups (broad SMARTS) is 1. The summed E-state index contributed by atoms with van der Waals surface area (Å²) in [5.41, 5.74) is 0.851. The van der Waals surface area contributed by atoms with Gasteiger partial charge in [-0.05, 0) is 31.5 Å². The Hall–Kier alpha value is -1.10. The standard InChI is InChI=1S/C14H18ClNO3/c1-10(11-3-5-12(15)6-4-11)16-8-14(2,9-16)19-7-13(17)18/h3-6,10H,7-9H2,1-2H3,(H,17,18). The molecule has 0 bridgehead atoms. The predicted molar refractivity (Wildman–Crippen MR) is 73.4 cm³/mol.